The summed E-state index contributed by atoms with van der Waals surface area (Å²) in [5.41, 5.74) is 1.69. The second-order valence-electron chi connectivity index (χ2n) is 8.38. The van der Waals surface area contributed by atoms with Crippen molar-refractivity contribution in [3.8, 4) is 11.5 Å². The van der Waals surface area contributed by atoms with E-state index in [9.17, 15) is 20.4 Å². The van der Waals surface area contributed by atoms with Crippen molar-refractivity contribution in [1.29, 1.82) is 0 Å². The number of aliphatic hydroxyl groups is 4. The Hall–Kier alpha value is -1.87. The van der Waals surface area contributed by atoms with Crippen LogP contribution in [-0.4, -0.2) is 63.8 Å². The fourth-order valence-electron chi connectivity index (χ4n) is 4.20. The summed E-state index contributed by atoms with van der Waals surface area (Å²) in [5.74, 6) is 1.23. The molecule has 0 amide bonds. The Balaban J connectivity index is 1.48. The molecule has 0 spiro atoms. The second-order valence-corrected chi connectivity index (χ2v) is 8.78. The van der Waals surface area contributed by atoms with E-state index in [1.807, 2.05) is 24.3 Å². The van der Waals surface area contributed by atoms with Crippen LogP contribution in [0.4, 0.5) is 0 Å². The molecule has 4 N–H and O–H groups in total. The summed E-state index contributed by atoms with van der Waals surface area (Å²) >= 11 is 6.45. The van der Waals surface area contributed by atoms with Crippen LogP contribution >= 0.6 is 11.6 Å². The van der Waals surface area contributed by atoms with E-state index in [-0.39, 0.29) is 0 Å². The molecule has 1 aliphatic heterocycles. The number of aliphatic hydroxyl groups excluding tert-OH is 4. The van der Waals surface area contributed by atoms with Crippen molar-refractivity contribution in [2.24, 2.45) is 0 Å². The zero-order chi connectivity index (χ0) is 22.7. The number of hydrogen-bond donors (Lipinski definition) is 4. The lowest BCUT2D eigenvalue weighted by Crippen LogP contribution is -2.60. The number of rotatable bonds is 7. The van der Waals surface area contributed by atoms with Crippen molar-refractivity contribution in [3.63, 3.8) is 0 Å². The van der Waals surface area contributed by atoms with Gasteiger partial charge in [-0.25, -0.2) is 0 Å². The molecule has 1 heterocycles. The topological polar surface area (TPSA) is 109 Å². The van der Waals surface area contributed by atoms with E-state index >= 15 is 0 Å². The van der Waals surface area contributed by atoms with Crippen molar-refractivity contribution in [3.05, 3.63) is 58.6 Å². The average Bonchev–Trinajstić information content (AvgIpc) is 3.30. The molecule has 2 aromatic rings. The highest BCUT2D eigenvalue weighted by Gasteiger charge is 2.44. The first-order chi connectivity index (χ1) is 15.5. The summed E-state index contributed by atoms with van der Waals surface area (Å²) in [6, 6.07) is 13.0. The Bertz CT molecular complexity index is 882. The maximum atomic E-state index is 10.3. The van der Waals surface area contributed by atoms with Crippen LogP contribution in [0.3, 0.4) is 0 Å². The van der Waals surface area contributed by atoms with Gasteiger partial charge in [-0.15, -0.1) is 0 Å². The van der Waals surface area contributed by atoms with E-state index in [2.05, 4.69) is 0 Å². The fraction of sp³-hybridized carbons (Fsp3) is 0.500. The van der Waals surface area contributed by atoms with Crippen molar-refractivity contribution < 1.29 is 34.6 Å². The van der Waals surface area contributed by atoms with Gasteiger partial charge in [0.15, 0.2) is 0 Å². The molecule has 32 heavy (non-hydrogen) atoms. The van der Waals surface area contributed by atoms with E-state index in [0.29, 0.717) is 28.9 Å². The molecule has 1 saturated carbocycles. The van der Waals surface area contributed by atoms with Crippen LogP contribution in [0.15, 0.2) is 42.5 Å². The standard InChI is InChI=1S/C24H29ClO7/c25-18-6-3-7-19(31-24-23(29)22(28)21(27)20(13-26)32-24)17(18)12-14-8-10-16(11-9-14)30-15-4-1-2-5-15/h3,6-11,15,20-24,26-29H,1-2,4-5,12-13H2/t20-,21-,22+,23-,24-/m1/s1. The zero-order valence-corrected chi connectivity index (χ0v) is 18.4. The first kappa shape index (κ1) is 23.3. The summed E-state index contributed by atoms with van der Waals surface area (Å²) in [7, 11) is 0. The molecular formula is C24H29ClO7. The maximum absolute atomic E-state index is 10.3. The normalized spacial score (nSPS) is 28.6. The molecule has 2 fully saturated rings. The highest BCUT2D eigenvalue weighted by atomic mass is 35.5. The van der Waals surface area contributed by atoms with Gasteiger partial charge in [-0.05, 0) is 55.5 Å². The predicted molar refractivity (Wildman–Crippen MR) is 118 cm³/mol. The van der Waals surface area contributed by atoms with Crippen molar-refractivity contribution in [2.45, 2.75) is 68.9 Å². The van der Waals surface area contributed by atoms with Crippen LogP contribution < -0.4 is 9.47 Å². The van der Waals surface area contributed by atoms with Gasteiger partial charge in [0.1, 0.15) is 35.9 Å². The Labute approximate surface area is 192 Å². The molecule has 2 aliphatic rings. The van der Waals surface area contributed by atoms with Crippen molar-refractivity contribution in [2.75, 3.05) is 6.61 Å². The predicted octanol–water partition coefficient (Wildman–Crippen LogP) is 2.43. The van der Waals surface area contributed by atoms with Crippen LogP contribution in [0.5, 0.6) is 11.5 Å². The van der Waals surface area contributed by atoms with Crippen LogP contribution in [0.2, 0.25) is 5.02 Å². The minimum Gasteiger partial charge on any atom is -0.490 e. The molecule has 0 aromatic heterocycles. The first-order valence-electron chi connectivity index (χ1n) is 11.0. The molecule has 7 nitrogen and oxygen atoms in total. The molecule has 1 aliphatic carbocycles. The van der Waals surface area contributed by atoms with Gasteiger partial charge in [0.05, 0.1) is 12.7 Å². The van der Waals surface area contributed by atoms with E-state index in [1.54, 1.807) is 18.2 Å². The van der Waals surface area contributed by atoms with Crippen LogP contribution in [0, 0.1) is 0 Å². The SMILES string of the molecule is OC[C@H]1O[C@@H](Oc2cccc(Cl)c2Cc2ccc(OC3CCCC3)cc2)[C@H](O)[C@@H](O)[C@@H]1O. The Morgan fingerprint density at radius 2 is 1.62 bits per heavy atom. The summed E-state index contributed by atoms with van der Waals surface area (Å²) in [6.07, 6.45) is -1.39. The lowest BCUT2D eigenvalue weighted by atomic mass is 9.99. The van der Waals surface area contributed by atoms with Gasteiger partial charge in [0, 0.05) is 17.0 Å². The second kappa shape index (κ2) is 10.4. The minimum absolute atomic E-state index is 0.294. The maximum Gasteiger partial charge on any atom is 0.229 e. The van der Waals surface area contributed by atoms with Gasteiger partial charge in [0.2, 0.25) is 6.29 Å². The largest absolute Gasteiger partial charge is 0.490 e. The zero-order valence-electron chi connectivity index (χ0n) is 17.6. The molecule has 4 rings (SSSR count). The molecule has 5 atom stereocenters. The van der Waals surface area contributed by atoms with E-state index in [4.69, 9.17) is 25.8 Å². The summed E-state index contributed by atoms with van der Waals surface area (Å²) < 4.78 is 17.3. The quantitative estimate of drug-likeness (QED) is 0.498. The number of halogens is 1. The molecule has 2 aromatic carbocycles. The molecule has 0 unspecified atom stereocenters. The Kier molecular flexibility index (Phi) is 7.55. The van der Waals surface area contributed by atoms with Gasteiger partial charge in [-0.2, -0.15) is 0 Å². The van der Waals surface area contributed by atoms with Gasteiger partial charge in [-0.3, -0.25) is 0 Å². The van der Waals surface area contributed by atoms with Gasteiger partial charge >= 0.3 is 0 Å². The third-order valence-electron chi connectivity index (χ3n) is 6.08. The highest BCUT2D eigenvalue weighted by Crippen LogP contribution is 2.33. The molecule has 0 bridgehead atoms. The van der Waals surface area contributed by atoms with E-state index < -0.39 is 37.3 Å². The lowest BCUT2D eigenvalue weighted by Gasteiger charge is -2.39. The summed E-state index contributed by atoms with van der Waals surface area (Å²) in [6.45, 7) is -0.525. The number of benzene rings is 2. The highest BCUT2D eigenvalue weighted by molar-refractivity contribution is 6.31. The molecule has 8 heteroatoms. The third kappa shape index (κ3) is 5.20. The summed E-state index contributed by atoms with van der Waals surface area (Å²) in [5, 5.41) is 40.2. The monoisotopic (exact) mass is 464 g/mol. The van der Waals surface area contributed by atoms with Crippen molar-refractivity contribution >= 4 is 11.6 Å². The molecular weight excluding hydrogens is 436 g/mol. The van der Waals surface area contributed by atoms with Gasteiger partial charge in [-0.1, -0.05) is 29.8 Å². The number of ether oxygens (including phenoxy) is 3. The molecule has 174 valence electrons. The van der Waals surface area contributed by atoms with Gasteiger partial charge in [0.25, 0.3) is 0 Å². The van der Waals surface area contributed by atoms with Crippen LogP contribution in [0.1, 0.15) is 36.8 Å². The van der Waals surface area contributed by atoms with E-state index in [0.717, 1.165) is 24.2 Å². The molecule has 0 radical (unpaired) electrons. The van der Waals surface area contributed by atoms with Crippen LogP contribution in [0.25, 0.3) is 0 Å². The summed E-state index contributed by atoms with van der Waals surface area (Å²) in [4.78, 5) is 0. The average molecular weight is 465 g/mol. The minimum atomic E-state index is -1.51. The van der Waals surface area contributed by atoms with Gasteiger partial charge < -0.3 is 34.6 Å². The molecule has 1 saturated heterocycles. The smallest absolute Gasteiger partial charge is 0.229 e. The Morgan fingerprint density at radius 1 is 0.906 bits per heavy atom. The lowest BCUT2D eigenvalue weighted by molar-refractivity contribution is -0.277. The van der Waals surface area contributed by atoms with E-state index in [1.165, 1.54) is 12.8 Å². The van der Waals surface area contributed by atoms with Crippen molar-refractivity contribution in [1.82, 2.24) is 0 Å². The first-order valence-corrected chi connectivity index (χ1v) is 11.3. The third-order valence-corrected chi connectivity index (χ3v) is 6.43. The fourth-order valence-corrected chi connectivity index (χ4v) is 4.43. The number of hydrogen-bond acceptors (Lipinski definition) is 7. The van der Waals surface area contributed by atoms with Crippen LogP contribution in [-0.2, 0) is 11.2 Å². The Morgan fingerprint density at radius 3 is 2.31 bits per heavy atom.